The zero-order valence-corrected chi connectivity index (χ0v) is 12.6. The first-order chi connectivity index (χ1) is 9.76. The summed E-state index contributed by atoms with van der Waals surface area (Å²) in [6.45, 7) is 9.88. The Labute approximate surface area is 124 Å². The second-order valence-electron chi connectivity index (χ2n) is 4.44. The highest BCUT2D eigenvalue weighted by molar-refractivity contribution is 8.00. The summed E-state index contributed by atoms with van der Waals surface area (Å²) in [4.78, 5) is 3.79. The summed E-state index contributed by atoms with van der Waals surface area (Å²) in [5.74, 6) is 0. The van der Waals surface area contributed by atoms with Crippen molar-refractivity contribution in [2.45, 2.75) is 16.7 Å². The zero-order valence-electron chi connectivity index (χ0n) is 11.8. The molecule has 0 spiro atoms. The van der Waals surface area contributed by atoms with E-state index < -0.39 is 0 Å². The molecule has 0 aromatic heterocycles. The number of allylic oxidation sites excluding steroid dienone is 3. The summed E-state index contributed by atoms with van der Waals surface area (Å²) in [7, 11) is -0.125. The average molecular weight is 279 g/mol. The van der Waals surface area contributed by atoms with Crippen molar-refractivity contribution in [2.75, 3.05) is 0 Å². The Morgan fingerprint density at radius 3 is 2.05 bits per heavy atom. The molecule has 2 aromatic rings. The molecule has 0 aliphatic rings. The monoisotopic (exact) mass is 279 g/mol. The fourth-order valence-electron chi connectivity index (χ4n) is 1.97. The minimum atomic E-state index is -0.125. The van der Waals surface area contributed by atoms with Crippen molar-refractivity contribution >= 4 is 10.9 Å². The molecule has 2 rings (SSSR count). The van der Waals surface area contributed by atoms with Crippen molar-refractivity contribution in [1.82, 2.24) is 0 Å². The molecule has 0 aliphatic heterocycles. The molecule has 0 aliphatic carbocycles. The third-order valence-corrected chi connectivity index (χ3v) is 5.22. The van der Waals surface area contributed by atoms with Crippen molar-refractivity contribution in [2.24, 2.45) is 0 Å². The standard InChI is InChI=1S/C19H19S/c1-4-9-17(5-2)20(18-10-7-6-8-11-18)19-14-12-16(3)13-15-19/h4-15H,1-2H2,3H3/q+1/b17-9+. The van der Waals surface area contributed by atoms with Gasteiger partial charge in [-0.25, -0.2) is 0 Å². The van der Waals surface area contributed by atoms with Gasteiger partial charge in [0.1, 0.15) is 0 Å². The van der Waals surface area contributed by atoms with Crippen molar-refractivity contribution in [1.29, 1.82) is 0 Å². The van der Waals surface area contributed by atoms with Crippen LogP contribution < -0.4 is 0 Å². The lowest BCUT2D eigenvalue weighted by Gasteiger charge is -2.08. The Morgan fingerprint density at radius 1 is 0.900 bits per heavy atom. The van der Waals surface area contributed by atoms with E-state index in [0.717, 1.165) is 0 Å². The van der Waals surface area contributed by atoms with Crippen LogP contribution in [0.4, 0.5) is 0 Å². The normalized spacial score (nSPS) is 12.8. The topological polar surface area (TPSA) is 0 Å². The summed E-state index contributed by atoms with van der Waals surface area (Å²) in [6.07, 6.45) is 5.80. The molecule has 20 heavy (non-hydrogen) atoms. The summed E-state index contributed by atoms with van der Waals surface area (Å²) in [6, 6.07) is 19.3. The van der Waals surface area contributed by atoms with Crippen molar-refractivity contribution in [3.8, 4) is 0 Å². The van der Waals surface area contributed by atoms with Crippen LogP contribution in [0.15, 0.2) is 101 Å². The van der Waals surface area contributed by atoms with Crippen LogP contribution >= 0.6 is 0 Å². The van der Waals surface area contributed by atoms with Gasteiger partial charge in [-0.3, -0.25) is 0 Å². The molecule has 0 nitrogen and oxygen atoms in total. The number of aryl methyl sites for hydroxylation is 1. The summed E-state index contributed by atoms with van der Waals surface area (Å²) >= 11 is 0. The van der Waals surface area contributed by atoms with Gasteiger partial charge in [0.15, 0.2) is 14.7 Å². The van der Waals surface area contributed by atoms with E-state index in [4.69, 9.17) is 0 Å². The van der Waals surface area contributed by atoms with E-state index in [9.17, 15) is 0 Å². The minimum Gasteiger partial charge on any atom is -0.0989 e. The molecular weight excluding hydrogens is 260 g/mol. The van der Waals surface area contributed by atoms with Crippen LogP contribution in [0.3, 0.4) is 0 Å². The molecule has 0 bridgehead atoms. The highest BCUT2D eigenvalue weighted by Crippen LogP contribution is 2.30. The first kappa shape index (κ1) is 14.4. The third kappa shape index (κ3) is 3.31. The third-order valence-electron chi connectivity index (χ3n) is 2.95. The summed E-state index contributed by atoms with van der Waals surface area (Å²) in [5.41, 5.74) is 1.28. The molecule has 1 heteroatoms. The maximum Gasteiger partial charge on any atom is 0.166 e. The second-order valence-corrected chi connectivity index (χ2v) is 6.47. The molecule has 2 aromatic carbocycles. The second kappa shape index (κ2) is 6.97. The minimum absolute atomic E-state index is 0.125. The van der Waals surface area contributed by atoms with E-state index in [0.29, 0.717) is 0 Å². The fraction of sp³-hybridized carbons (Fsp3) is 0.0526. The highest BCUT2D eigenvalue weighted by Gasteiger charge is 2.28. The van der Waals surface area contributed by atoms with Gasteiger partial charge in [0.2, 0.25) is 0 Å². The summed E-state index contributed by atoms with van der Waals surface area (Å²) in [5, 5.41) is 0. The SMILES string of the molecule is C=C/C=C(\C=C)[S+](c1ccccc1)c1ccc(C)cc1. The molecule has 0 saturated heterocycles. The quantitative estimate of drug-likeness (QED) is 0.515. The molecule has 0 fully saturated rings. The average Bonchev–Trinajstić information content (AvgIpc) is 2.49. The Hall–Kier alpha value is -1.99. The smallest absolute Gasteiger partial charge is 0.0989 e. The van der Waals surface area contributed by atoms with Crippen LogP contribution in [0.25, 0.3) is 0 Å². The lowest BCUT2D eigenvalue weighted by Crippen LogP contribution is -2.05. The first-order valence-electron chi connectivity index (χ1n) is 6.57. The van der Waals surface area contributed by atoms with Crippen LogP contribution in [0.5, 0.6) is 0 Å². The van der Waals surface area contributed by atoms with Crippen molar-refractivity contribution in [3.05, 3.63) is 96.5 Å². The van der Waals surface area contributed by atoms with Crippen LogP contribution in [-0.2, 0) is 10.9 Å². The molecule has 100 valence electrons. The van der Waals surface area contributed by atoms with Crippen molar-refractivity contribution in [3.63, 3.8) is 0 Å². The van der Waals surface area contributed by atoms with E-state index >= 15 is 0 Å². The molecule has 0 saturated carbocycles. The van der Waals surface area contributed by atoms with Crippen LogP contribution in [0, 0.1) is 6.92 Å². The van der Waals surface area contributed by atoms with Gasteiger partial charge in [-0.05, 0) is 43.3 Å². The van der Waals surface area contributed by atoms with E-state index in [-0.39, 0.29) is 10.9 Å². The fourth-order valence-corrected chi connectivity index (χ4v) is 4.03. The maximum absolute atomic E-state index is 3.96. The lowest BCUT2D eigenvalue weighted by atomic mass is 10.2. The predicted molar refractivity (Wildman–Crippen MR) is 90.0 cm³/mol. The molecule has 0 amide bonds. The molecule has 0 N–H and O–H groups in total. The van der Waals surface area contributed by atoms with Gasteiger partial charge in [0.05, 0.1) is 10.9 Å². The molecule has 0 heterocycles. The van der Waals surface area contributed by atoms with Crippen LogP contribution in [0.1, 0.15) is 5.56 Å². The summed E-state index contributed by atoms with van der Waals surface area (Å²) < 4.78 is 0. The Morgan fingerprint density at radius 2 is 1.50 bits per heavy atom. The number of hydrogen-bond acceptors (Lipinski definition) is 0. The Bertz CT molecular complexity index is 606. The van der Waals surface area contributed by atoms with Gasteiger partial charge in [-0.15, -0.1) is 0 Å². The Kier molecular flexibility index (Phi) is 5.03. The highest BCUT2D eigenvalue weighted by atomic mass is 32.2. The largest absolute Gasteiger partial charge is 0.166 e. The molecule has 1 atom stereocenters. The molecule has 0 radical (unpaired) electrons. The maximum atomic E-state index is 3.96. The Balaban J connectivity index is 2.54. The van der Waals surface area contributed by atoms with E-state index in [1.54, 1.807) is 0 Å². The predicted octanol–water partition coefficient (Wildman–Crippen LogP) is 5.29. The number of hydrogen-bond donors (Lipinski definition) is 0. The van der Waals surface area contributed by atoms with E-state index in [1.807, 2.05) is 24.3 Å². The number of rotatable bonds is 5. The van der Waals surface area contributed by atoms with Crippen LogP contribution in [0.2, 0.25) is 0 Å². The number of benzene rings is 2. The van der Waals surface area contributed by atoms with Crippen LogP contribution in [-0.4, -0.2) is 0 Å². The van der Waals surface area contributed by atoms with Gasteiger partial charge in [0, 0.05) is 0 Å². The van der Waals surface area contributed by atoms with Gasteiger partial charge in [-0.1, -0.05) is 55.1 Å². The first-order valence-corrected chi connectivity index (χ1v) is 7.80. The van der Waals surface area contributed by atoms with Gasteiger partial charge in [0.25, 0.3) is 0 Å². The zero-order chi connectivity index (χ0) is 14.4. The van der Waals surface area contributed by atoms with Gasteiger partial charge < -0.3 is 0 Å². The van der Waals surface area contributed by atoms with Crippen molar-refractivity contribution < 1.29 is 0 Å². The molecule has 1 unspecified atom stereocenters. The van der Waals surface area contributed by atoms with Gasteiger partial charge >= 0.3 is 0 Å². The lowest BCUT2D eigenvalue weighted by molar-refractivity contribution is 1.34. The van der Waals surface area contributed by atoms with E-state index in [2.05, 4.69) is 68.6 Å². The molecular formula is C19H19S+. The van der Waals surface area contributed by atoms with E-state index in [1.165, 1.54) is 20.3 Å². The van der Waals surface area contributed by atoms with Gasteiger partial charge in [-0.2, -0.15) is 0 Å².